The predicted molar refractivity (Wildman–Crippen MR) is 144 cm³/mol. The van der Waals surface area contributed by atoms with E-state index in [4.69, 9.17) is 14.6 Å². The van der Waals surface area contributed by atoms with E-state index in [2.05, 4.69) is 5.32 Å². The van der Waals surface area contributed by atoms with Crippen molar-refractivity contribution < 1.29 is 37.7 Å². The lowest BCUT2D eigenvalue weighted by molar-refractivity contribution is -0.149. The molecule has 2 amide bonds. The number of carbonyl (C=O) groups excluding carboxylic acids is 2. The summed E-state index contributed by atoms with van der Waals surface area (Å²) >= 11 is 0. The van der Waals surface area contributed by atoms with Gasteiger partial charge in [-0.1, -0.05) is 19.9 Å². The van der Waals surface area contributed by atoms with Crippen LogP contribution in [0.4, 0.5) is 14.5 Å². The van der Waals surface area contributed by atoms with Crippen molar-refractivity contribution in [1.29, 1.82) is 0 Å². The number of nitrogens with zero attached hydrogens (tertiary/aromatic N) is 1. The molecule has 0 saturated heterocycles. The number of carboxylic acids is 1. The highest BCUT2D eigenvalue weighted by molar-refractivity contribution is 5.99. The molecule has 2 aromatic rings. The maximum atomic E-state index is 15.1. The van der Waals surface area contributed by atoms with Crippen molar-refractivity contribution in [2.45, 2.75) is 57.9 Å². The standard InChI is InChI=1S/C30H36F2N2O6/c1-5-40-21-6-7-22-18(13-21)8-9-34(29(38)19-10-17(11-19)12-25(35)36)27(22)28(37)33-20-14-23(31)26(24(32)15-20)30(2,3)16-39-4/h6-7,13-15,17,19,27H,5,8-12,16H2,1-4H3,(H,33,37)(H,35,36)/t17-,19-,27?. The Bertz CT molecular complexity index is 1270. The number of carbonyl (C=O) groups is 3. The van der Waals surface area contributed by atoms with Gasteiger partial charge in [0.15, 0.2) is 0 Å². The lowest BCUT2D eigenvalue weighted by Crippen LogP contribution is -2.50. The lowest BCUT2D eigenvalue weighted by Gasteiger charge is -2.42. The van der Waals surface area contributed by atoms with E-state index in [-0.39, 0.29) is 48.6 Å². The second-order valence-corrected chi connectivity index (χ2v) is 11.2. The fraction of sp³-hybridized carbons (Fsp3) is 0.500. The zero-order valence-electron chi connectivity index (χ0n) is 23.3. The Kier molecular flexibility index (Phi) is 8.77. The Morgan fingerprint density at radius 3 is 2.40 bits per heavy atom. The van der Waals surface area contributed by atoms with Crippen LogP contribution in [0.2, 0.25) is 0 Å². The molecule has 2 aromatic carbocycles. The molecule has 1 fully saturated rings. The summed E-state index contributed by atoms with van der Waals surface area (Å²) in [5.41, 5.74) is 0.322. The van der Waals surface area contributed by atoms with Crippen molar-refractivity contribution in [3.63, 3.8) is 0 Å². The molecule has 1 atom stereocenters. The van der Waals surface area contributed by atoms with E-state index in [1.807, 2.05) is 13.0 Å². The average Bonchev–Trinajstić information content (AvgIpc) is 2.84. The first-order chi connectivity index (χ1) is 18.9. The Morgan fingerprint density at radius 2 is 1.80 bits per heavy atom. The molecule has 2 N–H and O–H groups in total. The van der Waals surface area contributed by atoms with Gasteiger partial charge in [0.25, 0.3) is 5.91 Å². The molecule has 2 aliphatic rings. The van der Waals surface area contributed by atoms with Gasteiger partial charge in [0.1, 0.15) is 23.4 Å². The quantitative estimate of drug-likeness (QED) is 0.432. The summed E-state index contributed by atoms with van der Waals surface area (Å²) in [5, 5.41) is 11.7. The zero-order valence-corrected chi connectivity index (χ0v) is 23.3. The van der Waals surface area contributed by atoms with Gasteiger partial charge in [-0.2, -0.15) is 0 Å². The van der Waals surface area contributed by atoms with Crippen LogP contribution in [0.3, 0.4) is 0 Å². The molecule has 8 nitrogen and oxygen atoms in total. The summed E-state index contributed by atoms with van der Waals surface area (Å²) in [4.78, 5) is 39.8. The van der Waals surface area contributed by atoms with Gasteiger partial charge >= 0.3 is 5.97 Å². The van der Waals surface area contributed by atoms with Gasteiger partial charge in [0, 0.05) is 42.7 Å². The normalized spacial score (nSPS) is 20.4. The molecule has 1 saturated carbocycles. The zero-order chi connectivity index (χ0) is 29.2. The van der Waals surface area contributed by atoms with E-state index in [0.717, 1.165) is 17.7 Å². The van der Waals surface area contributed by atoms with Crippen molar-refractivity contribution in [3.8, 4) is 5.75 Å². The molecule has 40 heavy (non-hydrogen) atoms. The minimum Gasteiger partial charge on any atom is -0.494 e. The van der Waals surface area contributed by atoms with E-state index in [9.17, 15) is 14.4 Å². The molecule has 1 unspecified atom stereocenters. The number of ether oxygens (including phenoxy) is 2. The van der Waals surface area contributed by atoms with Crippen molar-refractivity contribution in [3.05, 3.63) is 58.7 Å². The number of anilines is 1. The van der Waals surface area contributed by atoms with Crippen LogP contribution in [0.25, 0.3) is 0 Å². The maximum Gasteiger partial charge on any atom is 0.303 e. The number of hydrogen-bond acceptors (Lipinski definition) is 5. The first-order valence-corrected chi connectivity index (χ1v) is 13.5. The SMILES string of the molecule is CCOc1ccc2c(c1)CCN(C(=O)[C@H]1C[C@H](CC(=O)O)C1)C2C(=O)Nc1cc(F)c(C(C)(C)COC)c(F)c1. The number of carboxylic acid groups (broad SMARTS) is 1. The van der Waals surface area contributed by atoms with Gasteiger partial charge in [-0.05, 0) is 67.5 Å². The fourth-order valence-electron chi connectivity index (χ4n) is 5.90. The smallest absolute Gasteiger partial charge is 0.303 e. The Hall–Kier alpha value is -3.53. The second-order valence-electron chi connectivity index (χ2n) is 11.2. The molecule has 1 heterocycles. The molecule has 1 aliphatic carbocycles. The third kappa shape index (κ3) is 6.11. The second kappa shape index (κ2) is 11.9. The summed E-state index contributed by atoms with van der Waals surface area (Å²) in [6.07, 6.45) is 1.40. The molecular formula is C30H36F2N2O6. The molecule has 4 rings (SSSR count). The molecule has 0 bridgehead atoms. The number of amides is 2. The van der Waals surface area contributed by atoms with E-state index in [1.165, 1.54) is 12.0 Å². The molecule has 216 valence electrons. The van der Waals surface area contributed by atoms with Crippen LogP contribution < -0.4 is 10.1 Å². The highest BCUT2D eigenvalue weighted by Crippen LogP contribution is 2.41. The van der Waals surface area contributed by atoms with Crippen molar-refractivity contribution >= 4 is 23.5 Å². The van der Waals surface area contributed by atoms with Crippen molar-refractivity contribution in [2.75, 3.05) is 32.2 Å². The van der Waals surface area contributed by atoms with Crippen LogP contribution in [0.1, 0.15) is 62.8 Å². The monoisotopic (exact) mass is 558 g/mol. The molecule has 0 aromatic heterocycles. The Balaban J connectivity index is 1.62. The third-order valence-electron chi connectivity index (χ3n) is 7.73. The number of nitrogens with one attached hydrogen (secondary N) is 1. The van der Waals surface area contributed by atoms with E-state index in [1.54, 1.807) is 26.0 Å². The molecule has 1 aliphatic heterocycles. The molecule has 0 spiro atoms. The third-order valence-corrected chi connectivity index (χ3v) is 7.73. The minimum absolute atomic E-state index is 0.00500. The van der Waals surface area contributed by atoms with E-state index in [0.29, 0.717) is 37.2 Å². The number of aliphatic carboxylic acids is 1. The summed E-state index contributed by atoms with van der Waals surface area (Å²) in [5.74, 6) is -3.14. The number of hydrogen-bond donors (Lipinski definition) is 2. The van der Waals surface area contributed by atoms with Crippen LogP contribution in [0, 0.1) is 23.5 Å². The van der Waals surface area contributed by atoms with Crippen LogP contribution >= 0.6 is 0 Å². The van der Waals surface area contributed by atoms with Gasteiger partial charge in [0.2, 0.25) is 5.91 Å². The highest BCUT2D eigenvalue weighted by Gasteiger charge is 2.43. The summed E-state index contributed by atoms with van der Waals surface area (Å²) in [6, 6.07) is 6.44. The van der Waals surface area contributed by atoms with Gasteiger partial charge in [-0.15, -0.1) is 0 Å². The van der Waals surface area contributed by atoms with Crippen LogP contribution in [-0.2, 0) is 31.0 Å². The number of benzene rings is 2. The highest BCUT2D eigenvalue weighted by atomic mass is 19.1. The first kappa shape index (κ1) is 29.5. The Labute approximate surface area is 232 Å². The summed E-state index contributed by atoms with van der Waals surface area (Å²) < 4.78 is 40.9. The fourth-order valence-corrected chi connectivity index (χ4v) is 5.90. The minimum atomic E-state index is -1.03. The average molecular weight is 559 g/mol. The largest absolute Gasteiger partial charge is 0.494 e. The van der Waals surface area contributed by atoms with Gasteiger partial charge < -0.3 is 24.8 Å². The summed E-state index contributed by atoms with van der Waals surface area (Å²) in [6.45, 7) is 6.04. The van der Waals surface area contributed by atoms with Gasteiger partial charge in [-0.25, -0.2) is 8.78 Å². The number of halogens is 2. The Morgan fingerprint density at radius 1 is 1.12 bits per heavy atom. The van der Waals surface area contributed by atoms with Gasteiger partial charge in [-0.3, -0.25) is 14.4 Å². The maximum absolute atomic E-state index is 15.1. The van der Waals surface area contributed by atoms with Gasteiger partial charge in [0.05, 0.1) is 13.2 Å². The molecular weight excluding hydrogens is 522 g/mol. The van der Waals surface area contributed by atoms with Crippen molar-refractivity contribution in [1.82, 2.24) is 4.90 Å². The molecule has 0 radical (unpaired) electrons. The van der Waals surface area contributed by atoms with Crippen LogP contribution in [-0.4, -0.2) is 54.7 Å². The lowest BCUT2D eigenvalue weighted by atomic mass is 9.72. The topological polar surface area (TPSA) is 105 Å². The van der Waals surface area contributed by atoms with Crippen LogP contribution in [0.15, 0.2) is 30.3 Å². The van der Waals surface area contributed by atoms with Crippen LogP contribution in [0.5, 0.6) is 5.75 Å². The first-order valence-electron chi connectivity index (χ1n) is 13.5. The number of rotatable bonds is 10. The van der Waals surface area contributed by atoms with Crippen molar-refractivity contribution in [2.24, 2.45) is 11.8 Å². The summed E-state index contributed by atoms with van der Waals surface area (Å²) in [7, 11) is 1.45. The number of methoxy groups -OCH3 is 1. The number of fused-ring (bicyclic) bond motifs is 1. The predicted octanol–water partition coefficient (Wildman–Crippen LogP) is 4.85. The molecule has 10 heteroatoms. The van der Waals surface area contributed by atoms with E-state index < -0.39 is 35.0 Å². The van der Waals surface area contributed by atoms with E-state index >= 15 is 8.78 Å².